The second kappa shape index (κ2) is 7.94. The van der Waals surface area contributed by atoms with E-state index < -0.39 is 0 Å². The van der Waals surface area contributed by atoms with Gasteiger partial charge in [0.25, 0.3) is 0 Å². The Kier molecular flexibility index (Phi) is 5.23. The Morgan fingerprint density at radius 1 is 1.19 bits per heavy atom. The van der Waals surface area contributed by atoms with E-state index in [4.69, 9.17) is 10.5 Å². The van der Waals surface area contributed by atoms with Crippen LogP contribution < -0.4 is 20.7 Å². The van der Waals surface area contributed by atoms with E-state index in [-0.39, 0.29) is 6.04 Å². The van der Waals surface area contributed by atoms with Gasteiger partial charge in [0.15, 0.2) is 0 Å². The number of nitrogens with one attached hydrogen (secondary N) is 1. The van der Waals surface area contributed by atoms with E-state index in [1.807, 2.05) is 12.3 Å². The van der Waals surface area contributed by atoms with Crippen LogP contribution in [0.15, 0.2) is 54.7 Å². The highest BCUT2D eigenvalue weighted by Crippen LogP contribution is 2.39. The fourth-order valence-corrected chi connectivity index (χ4v) is 4.07. The quantitative estimate of drug-likeness (QED) is 0.731. The average molecular weight is 362 g/mol. The molecular weight excluding hydrogens is 336 g/mol. The first-order valence-electron chi connectivity index (χ1n) is 9.50. The first-order chi connectivity index (χ1) is 13.3. The third-order valence-electron chi connectivity index (χ3n) is 5.28. The Balaban J connectivity index is 1.86. The maximum absolute atomic E-state index is 5.83. The van der Waals surface area contributed by atoms with E-state index in [0.29, 0.717) is 6.54 Å². The molecule has 2 aromatic carbocycles. The van der Waals surface area contributed by atoms with Crippen molar-refractivity contribution in [3.63, 3.8) is 0 Å². The summed E-state index contributed by atoms with van der Waals surface area (Å²) in [6.45, 7) is 3.32. The molecule has 3 aromatic rings. The second-order valence-electron chi connectivity index (χ2n) is 6.82. The van der Waals surface area contributed by atoms with Crippen molar-refractivity contribution in [2.75, 3.05) is 38.2 Å². The Bertz CT molecular complexity index is 927. The molecule has 0 spiro atoms. The summed E-state index contributed by atoms with van der Waals surface area (Å²) in [5.41, 5.74) is 9.29. The highest BCUT2D eigenvalue weighted by Gasteiger charge is 2.29. The molecule has 0 saturated carbocycles. The zero-order chi connectivity index (χ0) is 18.6. The molecule has 1 unspecified atom stereocenters. The topological polar surface area (TPSA) is 63.4 Å². The lowest BCUT2D eigenvalue weighted by molar-refractivity contribution is 0.398. The van der Waals surface area contributed by atoms with Gasteiger partial charge in [-0.2, -0.15) is 0 Å². The summed E-state index contributed by atoms with van der Waals surface area (Å²) in [7, 11) is 1.75. The molecule has 4 rings (SSSR count). The first-order valence-corrected chi connectivity index (χ1v) is 9.50. The molecule has 5 heteroatoms. The molecular formula is C22H26N4O. The number of hydrogen-bond donors (Lipinski definition) is 2. The molecule has 2 heterocycles. The van der Waals surface area contributed by atoms with E-state index in [9.17, 15) is 0 Å². The summed E-state index contributed by atoms with van der Waals surface area (Å²) in [6, 6.07) is 17.1. The zero-order valence-electron chi connectivity index (χ0n) is 15.7. The largest absolute Gasteiger partial charge is 0.496 e. The van der Waals surface area contributed by atoms with Gasteiger partial charge in [-0.05, 0) is 35.5 Å². The molecule has 3 N–H and O–H groups in total. The Labute approximate surface area is 160 Å². The number of ether oxygens (including phenoxy) is 1. The highest BCUT2D eigenvalue weighted by atomic mass is 16.5. The third kappa shape index (κ3) is 3.36. The lowest BCUT2D eigenvalue weighted by atomic mass is 9.94. The van der Waals surface area contributed by atoms with Crippen molar-refractivity contribution in [2.24, 2.45) is 5.73 Å². The molecule has 0 bridgehead atoms. The maximum atomic E-state index is 5.83. The van der Waals surface area contributed by atoms with Crippen molar-refractivity contribution in [2.45, 2.75) is 12.5 Å². The van der Waals surface area contributed by atoms with Gasteiger partial charge in [0, 0.05) is 37.8 Å². The van der Waals surface area contributed by atoms with Crippen LogP contribution in [0.2, 0.25) is 0 Å². The number of methoxy groups -OCH3 is 1. The van der Waals surface area contributed by atoms with Crippen molar-refractivity contribution in [3.8, 4) is 5.75 Å². The number of rotatable bonds is 5. The van der Waals surface area contributed by atoms with Crippen LogP contribution in [0.5, 0.6) is 5.75 Å². The van der Waals surface area contributed by atoms with Crippen LogP contribution >= 0.6 is 0 Å². The number of fused-ring (bicyclic) bond motifs is 1. The van der Waals surface area contributed by atoms with Crippen LogP contribution in [0, 0.1) is 0 Å². The van der Waals surface area contributed by atoms with Crippen LogP contribution in [0.1, 0.15) is 17.3 Å². The summed E-state index contributed by atoms with van der Waals surface area (Å²) in [5, 5.41) is 6.02. The van der Waals surface area contributed by atoms with Gasteiger partial charge >= 0.3 is 0 Å². The predicted molar refractivity (Wildman–Crippen MR) is 110 cm³/mol. The fraction of sp³-hybridized carbons (Fsp3) is 0.318. The normalized spacial score (nSPS) is 17.3. The molecule has 0 radical (unpaired) electrons. The minimum absolute atomic E-state index is 0.167. The van der Waals surface area contributed by atoms with Crippen molar-refractivity contribution in [1.29, 1.82) is 0 Å². The summed E-state index contributed by atoms with van der Waals surface area (Å²) >= 11 is 0. The number of hydrogen-bond acceptors (Lipinski definition) is 5. The van der Waals surface area contributed by atoms with Gasteiger partial charge in [0.05, 0.1) is 24.5 Å². The van der Waals surface area contributed by atoms with Gasteiger partial charge in [-0.25, -0.2) is 0 Å². The molecule has 1 aromatic heterocycles. The van der Waals surface area contributed by atoms with Crippen molar-refractivity contribution < 1.29 is 4.74 Å². The van der Waals surface area contributed by atoms with Gasteiger partial charge in [-0.1, -0.05) is 30.3 Å². The molecule has 1 aliphatic rings. The third-order valence-corrected chi connectivity index (χ3v) is 5.28. The Morgan fingerprint density at radius 2 is 2.07 bits per heavy atom. The lowest BCUT2D eigenvalue weighted by Gasteiger charge is -2.40. The summed E-state index contributed by atoms with van der Waals surface area (Å²) in [4.78, 5) is 7.06. The summed E-state index contributed by atoms with van der Waals surface area (Å²) < 4.78 is 5.78. The average Bonchev–Trinajstić information content (AvgIpc) is 2.73. The molecule has 140 valence electrons. The van der Waals surface area contributed by atoms with Crippen molar-refractivity contribution in [1.82, 2.24) is 10.3 Å². The van der Waals surface area contributed by atoms with E-state index in [2.05, 4.69) is 57.7 Å². The van der Waals surface area contributed by atoms with Crippen LogP contribution in [-0.2, 0) is 6.42 Å². The standard InChI is InChI=1S/C22H26N4O/c1-27-21-9-8-16-5-2-3-6-17(16)22(21)20-15-24-13-14-26(20)19-7-4-12-25-18(19)10-11-23/h2-9,12,20,24H,10-11,13-15,23H2,1H3. The van der Waals surface area contributed by atoms with Gasteiger partial charge in [-0.15, -0.1) is 0 Å². The lowest BCUT2D eigenvalue weighted by Crippen LogP contribution is -2.46. The smallest absolute Gasteiger partial charge is 0.124 e. The van der Waals surface area contributed by atoms with Crippen LogP contribution in [-0.4, -0.2) is 38.3 Å². The predicted octanol–water partition coefficient (Wildman–Crippen LogP) is 2.90. The van der Waals surface area contributed by atoms with Crippen LogP contribution in [0.4, 0.5) is 5.69 Å². The Hall–Kier alpha value is -2.63. The number of pyridine rings is 1. The van der Waals surface area contributed by atoms with Crippen LogP contribution in [0.25, 0.3) is 10.8 Å². The number of aromatic nitrogens is 1. The van der Waals surface area contributed by atoms with Crippen molar-refractivity contribution in [3.05, 3.63) is 66.0 Å². The van der Waals surface area contributed by atoms with Gasteiger partial charge < -0.3 is 20.7 Å². The molecule has 0 amide bonds. The monoisotopic (exact) mass is 362 g/mol. The summed E-state index contributed by atoms with van der Waals surface area (Å²) in [5.74, 6) is 0.927. The number of nitrogens with zero attached hydrogens (tertiary/aromatic N) is 2. The minimum Gasteiger partial charge on any atom is -0.496 e. The minimum atomic E-state index is 0.167. The zero-order valence-corrected chi connectivity index (χ0v) is 15.7. The molecule has 0 aliphatic carbocycles. The number of piperazine rings is 1. The number of nitrogens with two attached hydrogens (primary N) is 1. The molecule has 1 saturated heterocycles. The summed E-state index contributed by atoms with van der Waals surface area (Å²) in [6.07, 6.45) is 2.63. The fourth-order valence-electron chi connectivity index (χ4n) is 4.07. The van der Waals surface area contributed by atoms with E-state index in [1.54, 1.807) is 7.11 Å². The molecule has 1 aliphatic heterocycles. The molecule has 1 fully saturated rings. The second-order valence-corrected chi connectivity index (χ2v) is 6.82. The Morgan fingerprint density at radius 3 is 2.93 bits per heavy atom. The van der Waals surface area contributed by atoms with Crippen LogP contribution in [0.3, 0.4) is 0 Å². The maximum Gasteiger partial charge on any atom is 0.124 e. The first kappa shape index (κ1) is 17.8. The SMILES string of the molecule is COc1ccc2ccccc2c1C1CNCCN1c1cccnc1CCN. The van der Waals surface area contributed by atoms with E-state index in [1.165, 1.54) is 22.0 Å². The van der Waals surface area contributed by atoms with E-state index >= 15 is 0 Å². The van der Waals surface area contributed by atoms with Crippen molar-refractivity contribution >= 4 is 16.5 Å². The van der Waals surface area contributed by atoms with Gasteiger partial charge in [0.1, 0.15) is 5.75 Å². The molecule has 1 atom stereocenters. The number of benzene rings is 2. The van der Waals surface area contributed by atoms with Gasteiger partial charge in [-0.3, -0.25) is 4.98 Å². The van der Waals surface area contributed by atoms with Gasteiger partial charge in [0.2, 0.25) is 0 Å². The highest BCUT2D eigenvalue weighted by molar-refractivity contribution is 5.89. The molecule has 5 nitrogen and oxygen atoms in total. The molecule has 27 heavy (non-hydrogen) atoms. The van der Waals surface area contributed by atoms with E-state index in [0.717, 1.165) is 37.5 Å². The number of anilines is 1.